The van der Waals surface area contributed by atoms with Crippen molar-refractivity contribution in [3.05, 3.63) is 64.7 Å². The van der Waals surface area contributed by atoms with Crippen LogP contribution < -0.4 is 4.74 Å². The Balaban J connectivity index is 2.06. The van der Waals surface area contributed by atoms with E-state index >= 15 is 0 Å². The molecule has 0 spiro atoms. The fraction of sp³-hybridized carbons (Fsp3) is 0.125. The van der Waals surface area contributed by atoms with E-state index in [0.717, 1.165) is 11.3 Å². The second-order valence-electron chi connectivity index (χ2n) is 4.37. The van der Waals surface area contributed by atoms with E-state index in [1.54, 1.807) is 19.2 Å². The molecule has 21 heavy (non-hydrogen) atoms. The summed E-state index contributed by atoms with van der Waals surface area (Å²) >= 11 is 0. The minimum atomic E-state index is -0.601. The molecule has 5 heteroatoms. The van der Waals surface area contributed by atoms with Crippen molar-refractivity contribution in [2.24, 2.45) is 10.2 Å². The Labute approximate surface area is 121 Å². The van der Waals surface area contributed by atoms with Crippen molar-refractivity contribution in [3.63, 3.8) is 0 Å². The standard InChI is InChI=1S/C16H14F2N2O/c1-11-15(17)7-13(8-16(11)18)10-20-19-9-12-3-5-14(21-2)6-4-12/h3-10H,1-2H3. The zero-order valence-corrected chi connectivity index (χ0v) is 11.7. The van der Waals surface area contributed by atoms with Crippen LogP contribution in [-0.2, 0) is 0 Å². The largest absolute Gasteiger partial charge is 0.497 e. The van der Waals surface area contributed by atoms with Gasteiger partial charge in [0.1, 0.15) is 17.4 Å². The summed E-state index contributed by atoms with van der Waals surface area (Å²) in [7, 11) is 1.59. The Morgan fingerprint density at radius 2 is 1.43 bits per heavy atom. The van der Waals surface area contributed by atoms with Crippen LogP contribution in [0.2, 0.25) is 0 Å². The predicted molar refractivity (Wildman–Crippen MR) is 79.3 cm³/mol. The molecule has 0 aliphatic rings. The lowest BCUT2D eigenvalue weighted by Gasteiger charge is -1.99. The van der Waals surface area contributed by atoms with Crippen LogP contribution in [0.15, 0.2) is 46.6 Å². The van der Waals surface area contributed by atoms with Gasteiger partial charge in [-0.3, -0.25) is 0 Å². The Morgan fingerprint density at radius 1 is 0.905 bits per heavy atom. The normalized spacial score (nSPS) is 11.4. The van der Waals surface area contributed by atoms with Gasteiger partial charge in [0, 0.05) is 11.1 Å². The van der Waals surface area contributed by atoms with E-state index in [4.69, 9.17) is 4.74 Å². The summed E-state index contributed by atoms with van der Waals surface area (Å²) in [5, 5.41) is 7.60. The molecule has 0 bridgehead atoms. The molecular formula is C16H14F2N2O. The van der Waals surface area contributed by atoms with Gasteiger partial charge in [-0.1, -0.05) is 0 Å². The van der Waals surface area contributed by atoms with Crippen LogP contribution in [0.1, 0.15) is 16.7 Å². The molecule has 0 unspecified atom stereocenters. The maximum absolute atomic E-state index is 13.3. The highest BCUT2D eigenvalue weighted by molar-refractivity contribution is 5.82. The lowest BCUT2D eigenvalue weighted by atomic mass is 10.1. The number of hydrogen-bond donors (Lipinski definition) is 0. The van der Waals surface area contributed by atoms with E-state index in [9.17, 15) is 8.78 Å². The third-order valence-corrected chi connectivity index (χ3v) is 2.90. The second-order valence-corrected chi connectivity index (χ2v) is 4.37. The van der Waals surface area contributed by atoms with Crippen LogP contribution in [-0.4, -0.2) is 19.5 Å². The topological polar surface area (TPSA) is 34.0 Å². The molecule has 0 saturated carbocycles. The van der Waals surface area contributed by atoms with Crippen LogP contribution in [0.25, 0.3) is 0 Å². The van der Waals surface area contributed by atoms with E-state index in [-0.39, 0.29) is 5.56 Å². The average Bonchev–Trinajstić information content (AvgIpc) is 2.49. The first-order valence-electron chi connectivity index (χ1n) is 6.26. The molecule has 108 valence electrons. The lowest BCUT2D eigenvalue weighted by molar-refractivity contribution is 0.415. The molecule has 0 fully saturated rings. The zero-order valence-electron chi connectivity index (χ0n) is 11.7. The van der Waals surface area contributed by atoms with Gasteiger partial charge in [-0.05, 0) is 48.9 Å². The highest BCUT2D eigenvalue weighted by Crippen LogP contribution is 2.13. The summed E-state index contributed by atoms with van der Waals surface area (Å²) in [6.45, 7) is 1.38. The monoisotopic (exact) mass is 288 g/mol. The molecule has 0 amide bonds. The predicted octanol–water partition coefficient (Wildman–Crippen LogP) is 3.73. The summed E-state index contributed by atoms with van der Waals surface area (Å²) in [5.74, 6) is -0.451. The number of methoxy groups -OCH3 is 1. The fourth-order valence-electron chi connectivity index (χ4n) is 1.63. The summed E-state index contributed by atoms with van der Waals surface area (Å²) < 4.78 is 31.7. The third-order valence-electron chi connectivity index (χ3n) is 2.90. The molecule has 3 nitrogen and oxygen atoms in total. The number of rotatable bonds is 4. The van der Waals surface area contributed by atoms with E-state index in [0.29, 0.717) is 5.56 Å². The smallest absolute Gasteiger partial charge is 0.129 e. The van der Waals surface area contributed by atoms with Crippen LogP contribution in [0.4, 0.5) is 8.78 Å². The van der Waals surface area contributed by atoms with Crippen LogP contribution >= 0.6 is 0 Å². The number of ether oxygens (including phenoxy) is 1. The number of hydrogen-bond acceptors (Lipinski definition) is 3. The molecule has 2 rings (SSSR count). The minimum absolute atomic E-state index is 0.00566. The molecule has 2 aromatic carbocycles. The molecule has 0 heterocycles. The van der Waals surface area contributed by atoms with E-state index in [1.165, 1.54) is 31.5 Å². The van der Waals surface area contributed by atoms with Gasteiger partial charge in [0.2, 0.25) is 0 Å². The van der Waals surface area contributed by atoms with Crippen molar-refractivity contribution in [2.45, 2.75) is 6.92 Å². The summed E-state index contributed by atoms with van der Waals surface area (Å²) in [4.78, 5) is 0. The maximum atomic E-state index is 13.3. The van der Waals surface area contributed by atoms with Gasteiger partial charge in [-0.25, -0.2) is 8.78 Å². The van der Waals surface area contributed by atoms with Crippen molar-refractivity contribution in [1.29, 1.82) is 0 Å². The van der Waals surface area contributed by atoms with Crippen molar-refractivity contribution < 1.29 is 13.5 Å². The van der Waals surface area contributed by atoms with Gasteiger partial charge >= 0.3 is 0 Å². The van der Waals surface area contributed by atoms with Gasteiger partial charge in [0.05, 0.1) is 19.5 Å². The Hall–Kier alpha value is -2.56. The Bertz CT molecular complexity index is 656. The number of nitrogens with zero attached hydrogens (tertiary/aromatic N) is 2. The van der Waals surface area contributed by atoms with Gasteiger partial charge in [0.15, 0.2) is 0 Å². The second kappa shape index (κ2) is 6.74. The first-order valence-corrected chi connectivity index (χ1v) is 6.26. The van der Waals surface area contributed by atoms with E-state index in [1.807, 2.05) is 12.1 Å². The molecule has 0 N–H and O–H groups in total. The first-order chi connectivity index (χ1) is 10.1. The summed E-state index contributed by atoms with van der Waals surface area (Å²) in [6.07, 6.45) is 2.84. The highest BCUT2D eigenvalue weighted by Gasteiger charge is 2.04. The van der Waals surface area contributed by atoms with Crippen LogP contribution in [0.3, 0.4) is 0 Å². The lowest BCUT2D eigenvalue weighted by Crippen LogP contribution is -1.92. The van der Waals surface area contributed by atoms with E-state index in [2.05, 4.69) is 10.2 Å². The molecule has 0 aliphatic carbocycles. The van der Waals surface area contributed by atoms with Crippen molar-refractivity contribution in [1.82, 2.24) is 0 Å². The van der Waals surface area contributed by atoms with Gasteiger partial charge in [0.25, 0.3) is 0 Å². The highest BCUT2D eigenvalue weighted by atomic mass is 19.1. The van der Waals surface area contributed by atoms with Crippen molar-refractivity contribution >= 4 is 12.4 Å². The first kappa shape index (κ1) is 14.8. The molecule has 0 aliphatic heterocycles. The van der Waals surface area contributed by atoms with Gasteiger partial charge < -0.3 is 4.74 Å². The third kappa shape index (κ3) is 3.95. The zero-order chi connectivity index (χ0) is 15.2. The Kier molecular flexibility index (Phi) is 4.77. The Morgan fingerprint density at radius 3 is 1.95 bits per heavy atom. The number of halogens is 2. The SMILES string of the molecule is COc1ccc(C=NN=Cc2cc(F)c(C)c(F)c2)cc1. The van der Waals surface area contributed by atoms with Crippen molar-refractivity contribution in [3.8, 4) is 5.75 Å². The van der Waals surface area contributed by atoms with Crippen LogP contribution in [0, 0.1) is 18.6 Å². The van der Waals surface area contributed by atoms with Gasteiger partial charge in [-0.15, -0.1) is 0 Å². The average molecular weight is 288 g/mol. The number of benzene rings is 2. The molecule has 0 atom stereocenters. The molecule has 0 radical (unpaired) electrons. The molecule has 0 saturated heterocycles. The molecule has 2 aromatic rings. The summed E-state index contributed by atoms with van der Waals surface area (Å²) in [5.41, 5.74) is 1.16. The van der Waals surface area contributed by atoms with Crippen molar-refractivity contribution in [2.75, 3.05) is 7.11 Å². The maximum Gasteiger partial charge on any atom is 0.129 e. The summed E-state index contributed by atoms with van der Waals surface area (Å²) in [6, 6.07) is 9.67. The minimum Gasteiger partial charge on any atom is -0.497 e. The van der Waals surface area contributed by atoms with E-state index < -0.39 is 11.6 Å². The van der Waals surface area contributed by atoms with Gasteiger partial charge in [-0.2, -0.15) is 10.2 Å². The molecular weight excluding hydrogens is 274 g/mol. The van der Waals surface area contributed by atoms with Crippen LogP contribution in [0.5, 0.6) is 5.75 Å². The quantitative estimate of drug-likeness (QED) is 0.623. The molecule has 0 aromatic heterocycles. The fourth-order valence-corrected chi connectivity index (χ4v) is 1.63.